The van der Waals surface area contributed by atoms with Crippen molar-refractivity contribution in [2.24, 2.45) is 18.4 Å². The van der Waals surface area contributed by atoms with Gasteiger partial charge in [-0.3, -0.25) is 9.59 Å². The largest absolute Gasteiger partial charge is 0.345 e. The molecule has 6 nitrogen and oxygen atoms in total. The lowest BCUT2D eigenvalue weighted by Gasteiger charge is -2.42. The van der Waals surface area contributed by atoms with Crippen LogP contribution in [0.5, 0.6) is 0 Å². The third-order valence-corrected chi connectivity index (χ3v) is 6.52. The Morgan fingerprint density at radius 2 is 2.12 bits per heavy atom. The van der Waals surface area contributed by atoms with Gasteiger partial charge in [-0.25, -0.2) is 0 Å². The highest BCUT2D eigenvalue weighted by molar-refractivity contribution is 5.94. The van der Waals surface area contributed by atoms with Gasteiger partial charge in [0.05, 0.1) is 11.0 Å². The van der Waals surface area contributed by atoms with E-state index in [1.165, 1.54) is 19.3 Å². The summed E-state index contributed by atoms with van der Waals surface area (Å²) in [4.78, 5) is 30.0. The molecule has 1 saturated carbocycles. The average molecular weight is 354 g/mol. The molecular formula is C20H26N4O2. The van der Waals surface area contributed by atoms with Gasteiger partial charge in [0, 0.05) is 39.4 Å². The minimum atomic E-state index is -0.388. The fourth-order valence-electron chi connectivity index (χ4n) is 4.74. The van der Waals surface area contributed by atoms with E-state index < -0.39 is 0 Å². The second-order valence-corrected chi connectivity index (χ2v) is 8.25. The van der Waals surface area contributed by atoms with E-state index in [1.807, 2.05) is 0 Å². The minimum absolute atomic E-state index is 0.0743. The van der Waals surface area contributed by atoms with Crippen molar-refractivity contribution in [1.82, 2.24) is 14.4 Å². The lowest BCUT2D eigenvalue weighted by Crippen LogP contribution is -2.52. The summed E-state index contributed by atoms with van der Waals surface area (Å²) in [6.07, 6.45) is 8.13. The summed E-state index contributed by atoms with van der Waals surface area (Å²) in [6.45, 7) is 2.90. The van der Waals surface area contributed by atoms with E-state index in [1.54, 1.807) is 28.8 Å². The zero-order chi connectivity index (χ0) is 18.3. The predicted octanol–water partition coefficient (Wildman–Crippen LogP) is 2.15. The monoisotopic (exact) mass is 354 g/mol. The average Bonchev–Trinajstić information content (AvgIpc) is 3.19. The standard InChI is InChI=1S/C20H26N4O2/c1-22-12-16(11-21)10-17(22)18(25)24-9-7-20(14-24)6-3-8-23(19(20)26)13-15-4-2-5-15/h10,12,15H,2-9,13-14H2,1H3/t20-/m1/s1. The molecule has 1 atom stereocenters. The maximum atomic E-state index is 13.2. The van der Waals surface area contributed by atoms with E-state index in [9.17, 15) is 9.59 Å². The first-order valence-corrected chi connectivity index (χ1v) is 9.67. The summed E-state index contributed by atoms with van der Waals surface area (Å²) in [5.41, 5.74) is 0.624. The number of carbonyl (C=O) groups excluding carboxylic acids is 2. The van der Waals surface area contributed by atoms with Crippen LogP contribution in [0, 0.1) is 22.7 Å². The van der Waals surface area contributed by atoms with E-state index in [-0.39, 0.29) is 17.2 Å². The zero-order valence-corrected chi connectivity index (χ0v) is 15.4. The number of piperidine rings is 1. The van der Waals surface area contributed by atoms with Crippen LogP contribution >= 0.6 is 0 Å². The minimum Gasteiger partial charge on any atom is -0.345 e. The zero-order valence-electron chi connectivity index (χ0n) is 15.4. The Morgan fingerprint density at radius 3 is 2.77 bits per heavy atom. The first-order chi connectivity index (χ1) is 12.5. The van der Waals surface area contributed by atoms with Crippen molar-refractivity contribution in [3.05, 3.63) is 23.5 Å². The van der Waals surface area contributed by atoms with Crippen molar-refractivity contribution in [2.75, 3.05) is 26.2 Å². The fourth-order valence-corrected chi connectivity index (χ4v) is 4.74. The van der Waals surface area contributed by atoms with Gasteiger partial charge in [-0.05, 0) is 44.1 Å². The van der Waals surface area contributed by atoms with Crippen molar-refractivity contribution in [2.45, 2.75) is 38.5 Å². The lowest BCUT2D eigenvalue weighted by atomic mass is 9.77. The smallest absolute Gasteiger partial charge is 0.270 e. The second-order valence-electron chi connectivity index (χ2n) is 8.25. The second kappa shape index (κ2) is 6.46. The van der Waals surface area contributed by atoms with Crippen LogP contribution in [-0.4, -0.2) is 52.4 Å². The molecule has 0 bridgehead atoms. The Balaban J connectivity index is 1.47. The van der Waals surface area contributed by atoms with Crippen molar-refractivity contribution in [1.29, 1.82) is 5.26 Å². The number of carbonyl (C=O) groups is 2. The van der Waals surface area contributed by atoms with Crippen LogP contribution in [-0.2, 0) is 11.8 Å². The molecule has 1 aliphatic carbocycles. The number of nitrogens with zero attached hydrogens (tertiary/aromatic N) is 4. The molecule has 4 rings (SSSR count). The fraction of sp³-hybridized carbons (Fsp3) is 0.650. The summed E-state index contributed by atoms with van der Waals surface area (Å²) in [6, 6.07) is 3.72. The molecular weight excluding hydrogens is 328 g/mol. The van der Waals surface area contributed by atoms with Gasteiger partial charge in [0.1, 0.15) is 11.8 Å². The highest BCUT2D eigenvalue weighted by atomic mass is 16.2. The van der Waals surface area contributed by atoms with Gasteiger partial charge in [0.15, 0.2) is 0 Å². The molecule has 3 fully saturated rings. The molecule has 1 aromatic heterocycles. The molecule has 0 aromatic carbocycles. The topological polar surface area (TPSA) is 69.3 Å². The SMILES string of the molecule is Cn1cc(C#N)cc1C(=O)N1CC[C@]2(CCCN(CC3CCC3)C2=O)C1. The number of hydrogen-bond acceptors (Lipinski definition) is 3. The van der Waals surface area contributed by atoms with E-state index >= 15 is 0 Å². The molecule has 2 saturated heterocycles. The Kier molecular flexibility index (Phi) is 4.26. The van der Waals surface area contributed by atoms with E-state index in [2.05, 4.69) is 11.0 Å². The maximum Gasteiger partial charge on any atom is 0.270 e. The molecule has 0 N–H and O–H groups in total. The Bertz CT molecular complexity index is 773. The maximum absolute atomic E-state index is 13.2. The molecule has 138 valence electrons. The number of rotatable bonds is 3. The van der Waals surface area contributed by atoms with Crippen LogP contribution in [0.25, 0.3) is 0 Å². The number of hydrogen-bond donors (Lipinski definition) is 0. The first kappa shape index (κ1) is 17.1. The number of amides is 2. The van der Waals surface area contributed by atoms with Gasteiger partial charge < -0.3 is 14.4 Å². The summed E-state index contributed by atoms with van der Waals surface area (Å²) in [5, 5.41) is 9.04. The number of nitriles is 1. The van der Waals surface area contributed by atoms with Crippen molar-refractivity contribution < 1.29 is 9.59 Å². The van der Waals surface area contributed by atoms with E-state index in [0.29, 0.717) is 30.3 Å². The highest BCUT2D eigenvalue weighted by Gasteiger charge is 2.49. The summed E-state index contributed by atoms with van der Waals surface area (Å²) >= 11 is 0. The Hall–Kier alpha value is -2.29. The van der Waals surface area contributed by atoms with Gasteiger partial charge >= 0.3 is 0 Å². The normalized spacial score (nSPS) is 26.2. The molecule has 1 spiro atoms. The molecule has 26 heavy (non-hydrogen) atoms. The van der Waals surface area contributed by atoms with Crippen LogP contribution in [0.1, 0.15) is 54.6 Å². The quantitative estimate of drug-likeness (QED) is 0.835. The van der Waals surface area contributed by atoms with Gasteiger partial charge in [0.2, 0.25) is 5.91 Å². The van der Waals surface area contributed by atoms with Crippen molar-refractivity contribution in [3.8, 4) is 6.07 Å². The lowest BCUT2D eigenvalue weighted by molar-refractivity contribution is -0.146. The molecule has 0 unspecified atom stereocenters. The summed E-state index contributed by atoms with van der Waals surface area (Å²) in [5.74, 6) is 0.867. The van der Waals surface area contributed by atoms with E-state index in [0.717, 1.165) is 32.4 Å². The number of likely N-dealkylation sites (tertiary alicyclic amines) is 2. The van der Waals surface area contributed by atoms with Gasteiger partial charge in [-0.15, -0.1) is 0 Å². The van der Waals surface area contributed by atoms with Crippen LogP contribution in [0.2, 0.25) is 0 Å². The molecule has 2 aliphatic heterocycles. The number of aromatic nitrogens is 1. The summed E-state index contributed by atoms with van der Waals surface area (Å²) < 4.78 is 1.71. The number of aryl methyl sites for hydroxylation is 1. The molecule has 0 radical (unpaired) electrons. The first-order valence-electron chi connectivity index (χ1n) is 9.67. The van der Waals surface area contributed by atoms with Crippen molar-refractivity contribution >= 4 is 11.8 Å². The Morgan fingerprint density at radius 1 is 1.31 bits per heavy atom. The molecule has 3 heterocycles. The third kappa shape index (κ3) is 2.80. The predicted molar refractivity (Wildman–Crippen MR) is 96.2 cm³/mol. The van der Waals surface area contributed by atoms with Gasteiger partial charge in [-0.1, -0.05) is 6.42 Å². The van der Waals surface area contributed by atoms with Crippen LogP contribution in [0.15, 0.2) is 12.3 Å². The molecule has 3 aliphatic rings. The Labute approximate surface area is 154 Å². The third-order valence-electron chi connectivity index (χ3n) is 6.52. The van der Waals surface area contributed by atoms with Gasteiger partial charge in [0.25, 0.3) is 5.91 Å². The van der Waals surface area contributed by atoms with Crippen LogP contribution < -0.4 is 0 Å². The molecule has 2 amide bonds. The highest BCUT2D eigenvalue weighted by Crippen LogP contribution is 2.41. The van der Waals surface area contributed by atoms with Gasteiger partial charge in [-0.2, -0.15) is 5.26 Å². The van der Waals surface area contributed by atoms with E-state index in [4.69, 9.17) is 5.26 Å². The van der Waals surface area contributed by atoms with Crippen LogP contribution in [0.3, 0.4) is 0 Å². The van der Waals surface area contributed by atoms with Crippen molar-refractivity contribution in [3.63, 3.8) is 0 Å². The summed E-state index contributed by atoms with van der Waals surface area (Å²) in [7, 11) is 1.78. The molecule has 6 heteroatoms. The molecule has 1 aromatic rings. The van der Waals surface area contributed by atoms with Crippen LogP contribution in [0.4, 0.5) is 0 Å².